The van der Waals surface area contributed by atoms with E-state index >= 15 is 0 Å². The molecule has 4 nitrogen and oxygen atoms in total. The zero-order valence-corrected chi connectivity index (χ0v) is 13.4. The van der Waals surface area contributed by atoms with Gasteiger partial charge in [0.2, 0.25) is 0 Å². The lowest BCUT2D eigenvalue weighted by atomic mass is 10.1. The average Bonchev–Trinajstić information content (AvgIpc) is 2.45. The molecular formula is C18H24O4. The van der Waals surface area contributed by atoms with Crippen LogP contribution in [-0.2, 0) is 14.3 Å². The van der Waals surface area contributed by atoms with E-state index in [1.807, 2.05) is 50.3 Å². The van der Waals surface area contributed by atoms with E-state index in [1.54, 1.807) is 6.92 Å². The summed E-state index contributed by atoms with van der Waals surface area (Å²) in [6.07, 6.45) is 4.11. The Morgan fingerprint density at radius 3 is 2.18 bits per heavy atom. The second-order valence-corrected chi connectivity index (χ2v) is 5.16. The molecule has 0 heterocycles. The van der Waals surface area contributed by atoms with Crippen molar-refractivity contribution in [1.29, 1.82) is 0 Å². The second kappa shape index (κ2) is 11.3. The number of benzene rings is 1. The Hall–Kier alpha value is -2.36. The minimum Gasteiger partial charge on any atom is -0.478 e. The van der Waals surface area contributed by atoms with Crippen molar-refractivity contribution in [3.05, 3.63) is 54.6 Å². The van der Waals surface area contributed by atoms with E-state index in [0.29, 0.717) is 5.92 Å². The van der Waals surface area contributed by atoms with Gasteiger partial charge in [-0.2, -0.15) is 0 Å². The smallest absolute Gasteiger partial charge is 0.331 e. The van der Waals surface area contributed by atoms with E-state index in [9.17, 15) is 9.59 Å². The van der Waals surface area contributed by atoms with Crippen molar-refractivity contribution in [1.82, 2.24) is 0 Å². The highest BCUT2D eigenvalue weighted by atomic mass is 16.5. The molecule has 0 bridgehead atoms. The first-order valence-corrected chi connectivity index (χ1v) is 7.14. The van der Waals surface area contributed by atoms with E-state index in [0.717, 1.165) is 18.6 Å². The van der Waals surface area contributed by atoms with Crippen LogP contribution >= 0.6 is 0 Å². The Morgan fingerprint density at radius 1 is 1.18 bits per heavy atom. The normalized spacial score (nSPS) is 11.5. The van der Waals surface area contributed by atoms with E-state index in [4.69, 9.17) is 9.84 Å². The number of hydrogen-bond acceptors (Lipinski definition) is 3. The quantitative estimate of drug-likeness (QED) is 0.639. The molecular weight excluding hydrogens is 280 g/mol. The molecule has 0 amide bonds. The van der Waals surface area contributed by atoms with Crippen molar-refractivity contribution in [2.45, 2.75) is 33.3 Å². The van der Waals surface area contributed by atoms with Crippen LogP contribution in [0.2, 0.25) is 0 Å². The zero-order chi connectivity index (χ0) is 17.0. The number of esters is 1. The number of carbonyl (C=O) groups excluding carboxylic acids is 1. The lowest BCUT2D eigenvalue weighted by Crippen LogP contribution is -2.15. The summed E-state index contributed by atoms with van der Waals surface area (Å²) in [6.45, 7) is 9.47. The van der Waals surface area contributed by atoms with Gasteiger partial charge in [-0.1, -0.05) is 56.8 Å². The topological polar surface area (TPSA) is 63.6 Å². The van der Waals surface area contributed by atoms with Gasteiger partial charge in [0.05, 0.1) is 6.10 Å². The Bertz CT molecular complexity index is 489. The number of carboxylic acid groups (broad SMARTS) is 1. The fourth-order valence-corrected chi connectivity index (χ4v) is 1.68. The van der Waals surface area contributed by atoms with Crippen LogP contribution in [-0.4, -0.2) is 23.1 Å². The minimum absolute atomic E-state index is 0.180. The lowest BCUT2D eigenvalue weighted by Gasteiger charge is -2.13. The molecule has 0 spiro atoms. The van der Waals surface area contributed by atoms with Gasteiger partial charge in [0.25, 0.3) is 0 Å². The van der Waals surface area contributed by atoms with Gasteiger partial charge in [0, 0.05) is 12.2 Å². The summed E-state index contributed by atoms with van der Waals surface area (Å²) >= 11 is 0. The minimum atomic E-state index is -1.15. The van der Waals surface area contributed by atoms with Crippen LogP contribution in [0.25, 0.3) is 6.08 Å². The van der Waals surface area contributed by atoms with Crippen molar-refractivity contribution in [2.24, 2.45) is 5.92 Å². The summed E-state index contributed by atoms with van der Waals surface area (Å²) in [5.41, 5.74) is 1.17. The van der Waals surface area contributed by atoms with E-state index in [1.165, 1.54) is 5.56 Å². The molecule has 4 heteroatoms. The molecule has 0 aliphatic carbocycles. The molecule has 0 radical (unpaired) electrons. The third-order valence-corrected chi connectivity index (χ3v) is 2.52. The van der Waals surface area contributed by atoms with Crippen molar-refractivity contribution >= 4 is 18.0 Å². The van der Waals surface area contributed by atoms with Crippen LogP contribution in [0.5, 0.6) is 0 Å². The van der Waals surface area contributed by atoms with Gasteiger partial charge in [0.1, 0.15) is 0 Å². The third kappa shape index (κ3) is 11.5. The Balaban J connectivity index is 0.000000461. The molecule has 1 rings (SSSR count). The van der Waals surface area contributed by atoms with Crippen molar-refractivity contribution in [3.63, 3.8) is 0 Å². The number of carboxylic acids is 1. The highest BCUT2D eigenvalue weighted by Crippen LogP contribution is 2.07. The van der Waals surface area contributed by atoms with Gasteiger partial charge in [-0.3, -0.25) is 0 Å². The Labute approximate surface area is 132 Å². The number of ether oxygens (including phenoxy) is 1. The van der Waals surface area contributed by atoms with Crippen LogP contribution in [0.3, 0.4) is 0 Å². The first kappa shape index (κ1) is 19.6. The van der Waals surface area contributed by atoms with Crippen LogP contribution in [0, 0.1) is 5.92 Å². The van der Waals surface area contributed by atoms with Gasteiger partial charge >= 0.3 is 11.9 Å². The molecule has 1 N–H and O–H groups in total. The summed E-state index contributed by atoms with van der Waals surface area (Å²) in [6, 6.07) is 10.0. The van der Waals surface area contributed by atoms with Crippen molar-refractivity contribution < 1.29 is 19.4 Å². The number of rotatable bonds is 6. The second-order valence-electron chi connectivity index (χ2n) is 5.16. The van der Waals surface area contributed by atoms with Gasteiger partial charge in [-0.05, 0) is 24.8 Å². The predicted molar refractivity (Wildman–Crippen MR) is 88.3 cm³/mol. The van der Waals surface area contributed by atoms with Crippen LogP contribution in [0.15, 0.2) is 49.1 Å². The van der Waals surface area contributed by atoms with E-state index in [2.05, 4.69) is 6.58 Å². The summed E-state index contributed by atoms with van der Waals surface area (Å²) in [7, 11) is 0. The molecule has 0 aliphatic rings. The predicted octanol–water partition coefficient (Wildman–Crippen LogP) is 3.93. The largest absolute Gasteiger partial charge is 0.478 e. The van der Waals surface area contributed by atoms with Crippen molar-refractivity contribution in [2.75, 3.05) is 0 Å². The lowest BCUT2D eigenvalue weighted by molar-refractivity contribution is -0.143. The molecule has 1 atom stereocenters. The maximum absolute atomic E-state index is 11.0. The summed E-state index contributed by atoms with van der Waals surface area (Å²) < 4.78 is 4.92. The maximum atomic E-state index is 11.0. The SMILES string of the molecule is C=Cc1ccccc1.CC(C)CC(C)OC(=O)/C=C\C(=O)O. The maximum Gasteiger partial charge on any atom is 0.331 e. The molecule has 0 aliphatic heterocycles. The fraction of sp³-hybridized carbons (Fsp3) is 0.333. The first-order valence-electron chi connectivity index (χ1n) is 7.14. The molecule has 120 valence electrons. The highest BCUT2D eigenvalue weighted by Gasteiger charge is 2.08. The Kier molecular flexibility index (Phi) is 10.1. The Morgan fingerprint density at radius 2 is 1.77 bits per heavy atom. The molecule has 0 aromatic heterocycles. The van der Waals surface area contributed by atoms with Crippen LogP contribution in [0.1, 0.15) is 32.8 Å². The first-order chi connectivity index (χ1) is 10.3. The third-order valence-electron chi connectivity index (χ3n) is 2.52. The molecule has 22 heavy (non-hydrogen) atoms. The van der Waals surface area contributed by atoms with Crippen LogP contribution in [0.4, 0.5) is 0 Å². The molecule has 1 unspecified atom stereocenters. The number of aliphatic carboxylic acids is 1. The van der Waals surface area contributed by atoms with Gasteiger partial charge in [-0.25, -0.2) is 9.59 Å². The summed E-state index contributed by atoms with van der Waals surface area (Å²) in [5, 5.41) is 8.25. The molecule has 0 fully saturated rings. The molecule has 0 saturated carbocycles. The molecule has 1 aromatic rings. The standard InChI is InChI=1S/C10H16O4.C8H8/c1-7(2)6-8(3)14-10(13)5-4-9(11)12;1-2-8-6-4-3-5-7-8/h4-5,7-8H,6H2,1-3H3,(H,11,12);2-7H,1H2/b5-4-;. The summed E-state index contributed by atoms with van der Waals surface area (Å²) in [4.78, 5) is 21.0. The average molecular weight is 304 g/mol. The van der Waals surface area contributed by atoms with Gasteiger partial charge in [0.15, 0.2) is 0 Å². The number of hydrogen-bond donors (Lipinski definition) is 1. The van der Waals surface area contributed by atoms with Gasteiger partial charge < -0.3 is 9.84 Å². The van der Waals surface area contributed by atoms with E-state index < -0.39 is 11.9 Å². The monoisotopic (exact) mass is 304 g/mol. The zero-order valence-electron chi connectivity index (χ0n) is 13.4. The molecule has 0 saturated heterocycles. The fourth-order valence-electron chi connectivity index (χ4n) is 1.68. The summed E-state index contributed by atoms with van der Waals surface area (Å²) in [5.74, 6) is -1.32. The molecule has 1 aromatic carbocycles. The van der Waals surface area contributed by atoms with Crippen LogP contribution < -0.4 is 0 Å². The number of carbonyl (C=O) groups is 2. The van der Waals surface area contributed by atoms with E-state index in [-0.39, 0.29) is 6.10 Å². The highest BCUT2D eigenvalue weighted by molar-refractivity contribution is 5.90. The van der Waals surface area contributed by atoms with Crippen molar-refractivity contribution in [3.8, 4) is 0 Å². The van der Waals surface area contributed by atoms with Gasteiger partial charge in [-0.15, -0.1) is 0 Å².